The Kier molecular flexibility index (Phi) is 4.35. The number of esters is 1. The van der Waals surface area contributed by atoms with Gasteiger partial charge in [-0.15, -0.1) is 0 Å². The van der Waals surface area contributed by atoms with Crippen LogP contribution in [0.25, 0.3) is 0 Å². The fraction of sp³-hybridized carbons (Fsp3) is 0.900. The lowest BCUT2D eigenvalue weighted by Crippen LogP contribution is -2.43. The standard InChI is InChI=1S/C10H19NO3/c1-11-9(10(13)14-2)7-3-5-8(12)6-4-7/h7-9,11-12H,3-6H2,1-2H3. The fourth-order valence-electron chi connectivity index (χ4n) is 2.11. The summed E-state index contributed by atoms with van der Waals surface area (Å²) in [7, 11) is 3.18. The Balaban J connectivity index is 2.48. The number of rotatable bonds is 3. The SMILES string of the molecule is CNC(C(=O)OC)C1CCC(O)CC1. The molecule has 1 aliphatic rings. The molecule has 1 rings (SSSR count). The van der Waals surface area contributed by atoms with Crippen LogP contribution < -0.4 is 5.32 Å². The molecule has 14 heavy (non-hydrogen) atoms. The van der Waals surface area contributed by atoms with Gasteiger partial charge in [0.05, 0.1) is 13.2 Å². The summed E-state index contributed by atoms with van der Waals surface area (Å²) in [6.07, 6.45) is 3.19. The fourth-order valence-corrected chi connectivity index (χ4v) is 2.11. The molecular weight excluding hydrogens is 182 g/mol. The zero-order valence-electron chi connectivity index (χ0n) is 8.82. The predicted molar refractivity (Wildman–Crippen MR) is 52.8 cm³/mol. The highest BCUT2D eigenvalue weighted by Gasteiger charge is 2.30. The van der Waals surface area contributed by atoms with Crippen molar-refractivity contribution in [3.8, 4) is 0 Å². The van der Waals surface area contributed by atoms with Crippen LogP contribution in [0, 0.1) is 5.92 Å². The zero-order valence-corrected chi connectivity index (χ0v) is 8.82. The van der Waals surface area contributed by atoms with E-state index in [1.165, 1.54) is 7.11 Å². The maximum Gasteiger partial charge on any atom is 0.323 e. The Hall–Kier alpha value is -0.610. The monoisotopic (exact) mass is 201 g/mol. The van der Waals surface area contributed by atoms with Gasteiger partial charge in [0.15, 0.2) is 0 Å². The Morgan fingerprint density at radius 1 is 1.43 bits per heavy atom. The lowest BCUT2D eigenvalue weighted by atomic mass is 9.82. The van der Waals surface area contributed by atoms with Crippen molar-refractivity contribution in [1.29, 1.82) is 0 Å². The first-order chi connectivity index (χ1) is 6.69. The summed E-state index contributed by atoms with van der Waals surface area (Å²) in [5.41, 5.74) is 0. The van der Waals surface area contributed by atoms with Gasteiger partial charge in [0, 0.05) is 0 Å². The lowest BCUT2D eigenvalue weighted by molar-refractivity contribution is -0.145. The first-order valence-corrected chi connectivity index (χ1v) is 5.12. The van der Waals surface area contributed by atoms with Gasteiger partial charge in [0.2, 0.25) is 0 Å². The lowest BCUT2D eigenvalue weighted by Gasteiger charge is -2.30. The molecule has 82 valence electrons. The number of hydrogen-bond donors (Lipinski definition) is 2. The number of carbonyl (C=O) groups excluding carboxylic acids is 1. The first kappa shape index (κ1) is 11.5. The molecule has 0 aromatic heterocycles. The van der Waals surface area contributed by atoms with Crippen molar-refractivity contribution in [2.45, 2.75) is 37.8 Å². The molecule has 1 saturated carbocycles. The largest absolute Gasteiger partial charge is 0.468 e. The number of ether oxygens (including phenoxy) is 1. The number of hydrogen-bond acceptors (Lipinski definition) is 4. The number of methoxy groups -OCH3 is 1. The summed E-state index contributed by atoms with van der Waals surface area (Å²) < 4.78 is 4.72. The van der Waals surface area contributed by atoms with Crippen molar-refractivity contribution >= 4 is 5.97 Å². The van der Waals surface area contributed by atoms with E-state index < -0.39 is 0 Å². The molecule has 1 fully saturated rings. The van der Waals surface area contributed by atoms with E-state index in [2.05, 4.69) is 5.32 Å². The molecule has 0 bridgehead atoms. The maximum absolute atomic E-state index is 11.4. The topological polar surface area (TPSA) is 58.6 Å². The summed E-state index contributed by atoms with van der Waals surface area (Å²) in [5.74, 6) is 0.102. The molecule has 4 nitrogen and oxygen atoms in total. The van der Waals surface area contributed by atoms with E-state index in [0.29, 0.717) is 5.92 Å². The van der Waals surface area contributed by atoms with Gasteiger partial charge in [-0.05, 0) is 38.6 Å². The molecule has 0 heterocycles. The van der Waals surface area contributed by atoms with Crippen LogP contribution in [0.2, 0.25) is 0 Å². The summed E-state index contributed by atoms with van der Waals surface area (Å²) >= 11 is 0. The van der Waals surface area contributed by atoms with Gasteiger partial charge < -0.3 is 15.2 Å². The Morgan fingerprint density at radius 3 is 2.43 bits per heavy atom. The molecule has 0 spiro atoms. The molecule has 0 aromatic rings. The molecule has 0 amide bonds. The summed E-state index contributed by atoms with van der Waals surface area (Å²) in [6, 6.07) is -0.215. The first-order valence-electron chi connectivity index (χ1n) is 5.12. The van der Waals surface area contributed by atoms with Crippen LogP contribution >= 0.6 is 0 Å². The second-order valence-electron chi connectivity index (χ2n) is 3.86. The average Bonchev–Trinajstić information content (AvgIpc) is 2.21. The molecule has 0 saturated heterocycles. The second-order valence-corrected chi connectivity index (χ2v) is 3.86. The van der Waals surface area contributed by atoms with E-state index in [1.807, 2.05) is 0 Å². The Morgan fingerprint density at radius 2 is 2.00 bits per heavy atom. The van der Waals surface area contributed by atoms with Crippen molar-refractivity contribution < 1.29 is 14.6 Å². The van der Waals surface area contributed by atoms with E-state index in [0.717, 1.165) is 25.7 Å². The minimum absolute atomic E-state index is 0.179. The van der Waals surface area contributed by atoms with Crippen LogP contribution in [0.4, 0.5) is 0 Å². The maximum atomic E-state index is 11.4. The van der Waals surface area contributed by atoms with Gasteiger partial charge >= 0.3 is 5.97 Å². The quantitative estimate of drug-likeness (QED) is 0.645. The van der Waals surface area contributed by atoms with Gasteiger partial charge in [0.25, 0.3) is 0 Å². The number of aliphatic hydroxyl groups is 1. The van der Waals surface area contributed by atoms with Gasteiger partial charge in [0.1, 0.15) is 6.04 Å². The predicted octanol–water partition coefficient (Wildman–Crippen LogP) is 0.298. The van der Waals surface area contributed by atoms with Crippen LogP contribution in [0.3, 0.4) is 0 Å². The minimum Gasteiger partial charge on any atom is -0.468 e. The van der Waals surface area contributed by atoms with Crippen molar-refractivity contribution in [2.75, 3.05) is 14.2 Å². The van der Waals surface area contributed by atoms with Crippen molar-refractivity contribution in [3.63, 3.8) is 0 Å². The molecule has 0 aliphatic heterocycles. The van der Waals surface area contributed by atoms with Crippen molar-refractivity contribution in [3.05, 3.63) is 0 Å². The van der Waals surface area contributed by atoms with E-state index in [9.17, 15) is 9.90 Å². The molecule has 0 radical (unpaired) electrons. The molecule has 1 unspecified atom stereocenters. The number of carbonyl (C=O) groups is 1. The summed E-state index contributed by atoms with van der Waals surface area (Å²) in [5, 5.41) is 12.3. The number of aliphatic hydroxyl groups excluding tert-OH is 1. The molecule has 0 aromatic carbocycles. The smallest absolute Gasteiger partial charge is 0.323 e. The molecule has 2 N–H and O–H groups in total. The third-order valence-electron chi connectivity index (χ3n) is 2.98. The van der Waals surface area contributed by atoms with Crippen molar-refractivity contribution in [1.82, 2.24) is 5.32 Å². The van der Waals surface area contributed by atoms with E-state index in [4.69, 9.17) is 4.74 Å². The third kappa shape index (κ3) is 2.69. The van der Waals surface area contributed by atoms with Crippen LogP contribution in [-0.2, 0) is 9.53 Å². The van der Waals surface area contributed by atoms with Gasteiger partial charge in [-0.25, -0.2) is 0 Å². The highest BCUT2D eigenvalue weighted by atomic mass is 16.5. The Labute approximate surface area is 84.6 Å². The van der Waals surface area contributed by atoms with Gasteiger partial charge in [-0.1, -0.05) is 0 Å². The van der Waals surface area contributed by atoms with Gasteiger partial charge in [-0.2, -0.15) is 0 Å². The summed E-state index contributed by atoms with van der Waals surface area (Å²) in [4.78, 5) is 11.4. The second kappa shape index (κ2) is 5.32. The van der Waals surface area contributed by atoms with Crippen LogP contribution in [0.15, 0.2) is 0 Å². The minimum atomic E-state index is -0.215. The normalized spacial score (nSPS) is 29.6. The van der Waals surface area contributed by atoms with E-state index >= 15 is 0 Å². The average molecular weight is 201 g/mol. The van der Waals surface area contributed by atoms with Crippen molar-refractivity contribution in [2.24, 2.45) is 5.92 Å². The highest BCUT2D eigenvalue weighted by Crippen LogP contribution is 2.27. The van der Waals surface area contributed by atoms with E-state index in [1.54, 1.807) is 7.05 Å². The molecular formula is C10H19NO3. The van der Waals surface area contributed by atoms with E-state index in [-0.39, 0.29) is 18.1 Å². The summed E-state index contributed by atoms with van der Waals surface area (Å²) in [6.45, 7) is 0. The third-order valence-corrected chi connectivity index (χ3v) is 2.98. The molecule has 1 atom stereocenters. The number of nitrogens with one attached hydrogen (secondary N) is 1. The van der Waals surface area contributed by atoms with Crippen LogP contribution in [-0.4, -0.2) is 37.4 Å². The Bertz CT molecular complexity index is 188. The molecule has 4 heteroatoms. The molecule has 1 aliphatic carbocycles. The highest BCUT2D eigenvalue weighted by molar-refractivity contribution is 5.76. The van der Waals surface area contributed by atoms with Crippen LogP contribution in [0.5, 0.6) is 0 Å². The van der Waals surface area contributed by atoms with Crippen LogP contribution in [0.1, 0.15) is 25.7 Å². The van der Waals surface area contributed by atoms with Gasteiger partial charge in [-0.3, -0.25) is 4.79 Å². The number of likely N-dealkylation sites (N-methyl/N-ethyl adjacent to an activating group) is 1. The zero-order chi connectivity index (χ0) is 10.6.